The third-order valence-corrected chi connectivity index (χ3v) is 12.2. The highest BCUT2D eigenvalue weighted by Crippen LogP contribution is 2.53. The largest absolute Gasteiger partial charge is 0.458 e. The van der Waals surface area contributed by atoms with Crippen LogP contribution < -0.4 is 30.8 Å². The second-order valence-corrected chi connectivity index (χ2v) is 15.2. The van der Waals surface area contributed by atoms with Gasteiger partial charge in [0.25, 0.3) is 6.71 Å². The number of hydrogen-bond acceptors (Lipinski definition) is 4. The third-order valence-electron chi connectivity index (χ3n) is 11.1. The Labute approximate surface area is 316 Å². The van der Waals surface area contributed by atoms with Crippen LogP contribution in [0.5, 0.6) is 23.0 Å². The van der Waals surface area contributed by atoms with E-state index in [0.717, 1.165) is 56.4 Å². The van der Waals surface area contributed by atoms with Gasteiger partial charge in [-0.25, -0.2) is 0 Å². The number of fused-ring (bicyclic) bond motifs is 9. The average Bonchev–Trinajstić information content (AvgIpc) is 3.55. The van der Waals surface area contributed by atoms with E-state index in [9.17, 15) is 0 Å². The van der Waals surface area contributed by atoms with Gasteiger partial charge in [-0.3, -0.25) is 0 Å². The van der Waals surface area contributed by atoms with Gasteiger partial charge < -0.3 is 18.9 Å². The summed E-state index contributed by atoms with van der Waals surface area (Å²) < 4.78 is 15.3. The molecule has 9 aromatic rings. The lowest BCUT2D eigenvalue weighted by Crippen LogP contribution is -2.57. The molecule has 0 bridgehead atoms. The Kier molecular flexibility index (Phi) is 6.33. The molecule has 3 aliphatic rings. The van der Waals surface area contributed by atoms with Crippen molar-refractivity contribution in [3.8, 4) is 39.8 Å². The van der Waals surface area contributed by atoms with Crippen LogP contribution in [0, 0.1) is 0 Å². The van der Waals surface area contributed by atoms with E-state index in [-0.39, 0.29) is 6.71 Å². The first kappa shape index (κ1) is 29.9. The highest BCUT2D eigenvalue weighted by atomic mass is 32.2. The number of rotatable bonds is 3. The number of aromatic nitrogens is 1. The Morgan fingerprint density at radius 2 is 1.13 bits per heavy atom. The molecule has 0 unspecified atom stereocenters. The maximum absolute atomic E-state index is 6.59. The zero-order valence-electron chi connectivity index (χ0n) is 28.9. The molecule has 0 spiro atoms. The fraction of sp³-hybridized carbons (Fsp3) is 0. The number of para-hydroxylation sites is 4. The maximum Gasteiger partial charge on any atom is 0.260 e. The molecular formula is C48H29BN2O2S. The molecule has 54 heavy (non-hydrogen) atoms. The lowest BCUT2D eigenvalue weighted by Gasteiger charge is -2.33. The Morgan fingerprint density at radius 1 is 0.426 bits per heavy atom. The van der Waals surface area contributed by atoms with Gasteiger partial charge in [-0.2, -0.15) is 0 Å². The maximum atomic E-state index is 6.59. The highest BCUT2D eigenvalue weighted by molar-refractivity contribution is 7.99. The molecule has 0 radical (unpaired) electrons. The zero-order chi connectivity index (χ0) is 35.3. The molecule has 0 saturated carbocycles. The number of hydrogen-bond donors (Lipinski definition) is 0. The molecule has 4 heterocycles. The van der Waals surface area contributed by atoms with Gasteiger partial charge in [-0.15, -0.1) is 0 Å². The van der Waals surface area contributed by atoms with Crippen LogP contribution in [0.2, 0.25) is 0 Å². The molecule has 0 fully saturated rings. The van der Waals surface area contributed by atoms with Gasteiger partial charge in [-0.1, -0.05) is 109 Å². The van der Waals surface area contributed by atoms with Crippen molar-refractivity contribution in [2.24, 2.45) is 0 Å². The second-order valence-electron chi connectivity index (χ2n) is 14.1. The molecule has 0 atom stereocenters. The molecule has 1 aromatic heterocycles. The first-order chi connectivity index (χ1) is 26.8. The minimum atomic E-state index is 0.0637. The summed E-state index contributed by atoms with van der Waals surface area (Å²) in [6.45, 7) is 0.0637. The summed E-state index contributed by atoms with van der Waals surface area (Å²) in [6, 6.07) is 63.0. The van der Waals surface area contributed by atoms with Crippen molar-refractivity contribution in [2.45, 2.75) is 9.79 Å². The predicted molar refractivity (Wildman–Crippen MR) is 223 cm³/mol. The van der Waals surface area contributed by atoms with E-state index in [1.165, 1.54) is 48.4 Å². The van der Waals surface area contributed by atoms with Crippen LogP contribution >= 0.6 is 11.8 Å². The van der Waals surface area contributed by atoms with Crippen molar-refractivity contribution in [3.63, 3.8) is 0 Å². The molecular weight excluding hydrogens is 679 g/mol. The molecule has 4 nitrogen and oxygen atoms in total. The Morgan fingerprint density at radius 3 is 2.02 bits per heavy atom. The fourth-order valence-electron chi connectivity index (χ4n) is 8.71. The quantitative estimate of drug-likeness (QED) is 0.171. The third kappa shape index (κ3) is 4.35. The number of anilines is 3. The molecule has 0 N–H and O–H groups in total. The normalized spacial score (nSPS) is 13.3. The van der Waals surface area contributed by atoms with Gasteiger partial charge >= 0.3 is 0 Å². The van der Waals surface area contributed by atoms with E-state index < -0.39 is 0 Å². The molecule has 252 valence electrons. The molecule has 0 aliphatic carbocycles. The Balaban J connectivity index is 0.962. The van der Waals surface area contributed by atoms with Gasteiger partial charge in [0, 0.05) is 37.4 Å². The number of nitrogens with zero attached hydrogens (tertiary/aromatic N) is 2. The van der Waals surface area contributed by atoms with Gasteiger partial charge in [0.05, 0.1) is 22.4 Å². The summed E-state index contributed by atoms with van der Waals surface area (Å²) in [7, 11) is 0. The summed E-state index contributed by atoms with van der Waals surface area (Å²) in [5.74, 6) is 3.51. The van der Waals surface area contributed by atoms with E-state index in [1.54, 1.807) is 0 Å². The van der Waals surface area contributed by atoms with Crippen LogP contribution in [0.4, 0.5) is 17.1 Å². The lowest BCUT2D eigenvalue weighted by molar-refractivity contribution is 0.464. The smallest absolute Gasteiger partial charge is 0.260 e. The number of benzene rings is 8. The zero-order valence-corrected chi connectivity index (χ0v) is 29.8. The van der Waals surface area contributed by atoms with Crippen LogP contribution in [0.3, 0.4) is 0 Å². The standard InChI is InChI=1S/C48H29BN2O2S/c1-2-11-32(12-3-1)51-39-16-7-9-20-46(39)54-47-29-40-35(28-41(47)51)34-13-4-6-15-38(34)50(40)33-24-21-30(22-25-33)31-23-26-37-45(27-31)53-44-19-10-18-43-48(44)49(37)36-14-5-8-17-42(36)52-43/h1-29H. The molecule has 0 amide bonds. The van der Waals surface area contributed by atoms with Crippen LogP contribution in [-0.2, 0) is 0 Å². The van der Waals surface area contributed by atoms with Gasteiger partial charge in [0.2, 0.25) is 0 Å². The summed E-state index contributed by atoms with van der Waals surface area (Å²) in [5, 5.41) is 2.47. The van der Waals surface area contributed by atoms with Crippen LogP contribution in [0.25, 0.3) is 38.6 Å². The molecule has 3 aliphatic heterocycles. The first-order valence-corrected chi connectivity index (χ1v) is 19.1. The first-order valence-electron chi connectivity index (χ1n) is 18.3. The second kappa shape index (κ2) is 11.4. The Bertz CT molecular complexity index is 2990. The minimum absolute atomic E-state index is 0.0637. The lowest BCUT2D eigenvalue weighted by atomic mass is 9.35. The van der Waals surface area contributed by atoms with Gasteiger partial charge in [0.1, 0.15) is 23.0 Å². The number of ether oxygens (including phenoxy) is 2. The summed E-state index contributed by atoms with van der Waals surface area (Å²) >= 11 is 1.84. The summed E-state index contributed by atoms with van der Waals surface area (Å²) in [6.07, 6.45) is 0. The highest BCUT2D eigenvalue weighted by Gasteiger charge is 2.39. The van der Waals surface area contributed by atoms with E-state index in [2.05, 4.69) is 161 Å². The molecule has 12 rings (SSSR count). The van der Waals surface area contributed by atoms with Crippen molar-refractivity contribution >= 4 is 73.7 Å². The van der Waals surface area contributed by atoms with Gasteiger partial charge in [0.15, 0.2) is 0 Å². The van der Waals surface area contributed by atoms with Crippen molar-refractivity contribution in [1.29, 1.82) is 0 Å². The minimum Gasteiger partial charge on any atom is -0.458 e. The Hall–Kier alpha value is -6.63. The van der Waals surface area contributed by atoms with Crippen molar-refractivity contribution in [2.75, 3.05) is 4.90 Å². The van der Waals surface area contributed by atoms with Crippen LogP contribution in [0.15, 0.2) is 186 Å². The van der Waals surface area contributed by atoms with E-state index in [0.29, 0.717) is 0 Å². The van der Waals surface area contributed by atoms with Crippen LogP contribution in [0.1, 0.15) is 0 Å². The molecule has 8 aromatic carbocycles. The van der Waals surface area contributed by atoms with Crippen molar-refractivity contribution in [3.05, 3.63) is 176 Å². The molecule has 6 heteroatoms. The van der Waals surface area contributed by atoms with E-state index >= 15 is 0 Å². The molecule has 0 saturated heterocycles. The van der Waals surface area contributed by atoms with E-state index in [4.69, 9.17) is 9.47 Å². The SMILES string of the molecule is c1ccc(N2c3ccccc3Sc3cc4c(cc32)c2ccccc2n4-c2ccc(-c3ccc4c(c3)Oc3cccc5c3B4c3ccccc3O5)cc2)cc1. The van der Waals surface area contributed by atoms with Gasteiger partial charge in [-0.05, 0) is 101 Å². The van der Waals surface area contributed by atoms with Crippen molar-refractivity contribution in [1.82, 2.24) is 4.57 Å². The van der Waals surface area contributed by atoms with Crippen LogP contribution in [-0.4, -0.2) is 11.3 Å². The van der Waals surface area contributed by atoms with E-state index in [1.807, 2.05) is 36.0 Å². The van der Waals surface area contributed by atoms with Crippen molar-refractivity contribution < 1.29 is 9.47 Å². The predicted octanol–water partition coefficient (Wildman–Crippen LogP) is 11.1. The summed E-state index contributed by atoms with van der Waals surface area (Å²) in [4.78, 5) is 4.89. The topological polar surface area (TPSA) is 26.6 Å². The summed E-state index contributed by atoms with van der Waals surface area (Å²) in [5.41, 5.74) is 12.8. The fourth-order valence-corrected chi connectivity index (χ4v) is 9.78. The monoisotopic (exact) mass is 708 g/mol. The average molecular weight is 709 g/mol.